The van der Waals surface area contributed by atoms with Crippen molar-refractivity contribution in [2.24, 2.45) is 0 Å². The molecule has 0 radical (unpaired) electrons. The summed E-state index contributed by atoms with van der Waals surface area (Å²) >= 11 is 0. The zero-order valence-electron chi connectivity index (χ0n) is 6.26. The van der Waals surface area contributed by atoms with Gasteiger partial charge < -0.3 is 9.53 Å². The highest BCUT2D eigenvalue weighted by Gasteiger charge is 2.08. The minimum absolute atomic E-state index is 0.302. The van der Waals surface area contributed by atoms with E-state index in [1.165, 1.54) is 0 Å². The second kappa shape index (κ2) is 4.24. The van der Waals surface area contributed by atoms with Crippen LogP contribution in [0.3, 0.4) is 0 Å². The number of ether oxygens (including phenoxy) is 1. The Morgan fingerprint density at radius 3 is 2.60 bits per heavy atom. The third-order valence-electron chi connectivity index (χ3n) is 0.914. The second-order valence-electron chi connectivity index (χ2n) is 2.18. The molecule has 1 unspecified atom stereocenters. The molecule has 0 aromatic rings. The molecule has 0 bridgehead atoms. The summed E-state index contributed by atoms with van der Waals surface area (Å²) in [5.41, 5.74) is 0.0681. The molecule has 0 heterocycles. The molecule has 1 N–H and O–H groups in total. The molecule has 0 saturated heterocycles. The van der Waals surface area contributed by atoms with Gasteiger partial charge >= 0.3 is 5.97 Å². The first-order chi connectivity index (χ1) is 4.57. The van der Waals surface area contributed by atoms with E-state index in [0.717, 1.165) is 0 Å². The summed E-state index contributed by atoms with van der Waals surface area (Å²) in [7, 11) is -1.22. The maximum Gasteiger partial charge on any atom is 0.333 e. The summed E-state index contributed by atoms with van der Waals surface area (Å²) in [6, 6.07) is 0. The van der Waals surface area contributed by atoms with Crippen molar-refractivity contribution in [2.45, 2.75) is 19.6 Å². The molecule has 0 aromatic heterocycles. The number of esters is 1. The number of carbonyl (C=O) groups excluding carboxylic acids is 1. The average Bonchev–Trinajstić information content (AvgIpc) is 1.87. The van der Waals surface area contributed by atoms with Crippen LogP contribution in [0.1, 0.15) is 13.8 Å². The standard InChI is InChI=1S/C6H12O3Si/c1-4(2)6(7)9-5(3)10-8/h5,8H,1,10H2,2-3H3. The molecule has 1 atom stereocenters. The van der Waals surface area contributed by atoms with Gasteiger partial charge in [0.1, 0.15) is 5.73 Å². The van der Waals surface area contributed by atoms with Crippen LogP contribution >= 0.6 is 0 Å². The van der Waals surface area contributed by atoms with Crippen molar-refractivity contribution in [3.8, 4) is 0 Å². The Labute approximate surface area is 62.6 Å². The van der Waals surface area contributed by atoms with Gasteiger partial charge in [0, 0.05) is 5.57 Å². The van der Waals surface area contributed by atoms with Crippen LogP contribution in [0.2, 0.25) is 0 Å². The summed E-state index contributed by atoms with van der Waals surface area (Å²) in [4.78, 5) is 19.3. The maximum absolute atomic E-state index is 10.7. The van der Waals surface area contributed by atoms with Crippen molar-refractivity contribution >= 4 is 15.7 Å². The molecule has 0 aliphatic carbocycles. The van der Waals surface area contributed by atoms with Gasteiger partial charge in [0.25, 0.3) is 0 Å². The van der Waals surface area contributed by atoms with Gasteiger partial charge in [-0.1, -0.05) is 6.58 Å². The molecule has 0 fully saturated rings. The van der Waals surface area contributed by atoms with E-state index in [4.69, 9.17) is 9.53 Å². The predicted octanol–water partition coefficient (Wildman–Crippen LogP) is -0.472. The zero-order chi connectivity index (χ0) is 8.15. The van der Waals surface area contributed by atoms with Gasteiger partial charge in [-0.3, -0.25) is 0 Å². The summed E-state index contributed by atoms with van der Waals surface area (Å²) < 4.78 is 4.73. The fraction of sp³-hybridized carbons (Fsp3) is 0.500. The SMILES string of the molecule is C=C(C)C(=O)OC(C)[SiH2]O. The van der Waals surface area contributed by atoms with E-state index in [9.17, 15) is 4.79 Å². The van der Waals surface area contributed by atoms with E-state index in [0.29, 0.717) is 5.57 Å². The van der Waals surface area contributed by atoms with E-state index in [-0.39, 0.29) is 5.73 Å². The number of hydrogen-bond acceptors (Lipinski definition) is 3. The van der Waals surface area contributed by atoms with E-state index in [1.54, 1.807) is 13.8 Å². The molecule has 0 amide bonds. The molecule has 0 aliphatic heterocycles. The molecule has 0 aromatic carbocycles. The molecule has 4 heteroatoms. The third kappa shape index (κ3) is 3.42. The molecule has 58 valence electrons. The van der Waals surface area contributed by atoms with E-state index >= 15 is 0 Å². The molecule has 3 nitrogen and oxygen atoms in total. The molecule has 0 aliphatic rings. The smallest absolute Gasteiger partial charge is 0.333 e. The summed E-state index contributed by atoms with van der Waals surface area (Å²) in [6.07, 6.45) is 0. The van der Waals surface area contributed by atoms with Crippen molar-refractivity contribution in [3.63, 3.8) is 0 Å². The van der Waals surface area contributed by atoms with Crippen molar-refractivity contribution in [1.29, 1.82) is 0 Å². The van der Waals surface area contributed by atoms with Crippen LogP contribution in [0.5, 0.6) is 0 Å². The lowest BCUT2D eigenvalue weighted by atomic mass is 10.4. The van der Waals surface area contributed by atoms with Gasteiger partial charge in [0.15, 0.2) is 9.76 Å². The molecular weight excluding hydrogens is 148 g/mol. The van der Waals surface area contributed by atoms with Crippen molar-refractivity contribution in [1.82, 2.24) is 0 Å². The summed E-state index contributed by atoms with van der Waals surface area (Å²) in [5.74, 6) is -0.422. The number of rotatable bonds is 3. The number of carbonyl (C=O) groups is 1. The lowest BCUT2D eigenvalue weighted by molar-refractivity contribution is -0.140. The topological polar surface area (TPSA) is 46.5 Å². The van der Waals surface area contributed by atoms with E-state index < -0.39 is 15.7 Å². The largest absolute Gasteiger partial charge is 0.461 e. The van der Waals surface area contributed by atoms with E-state index in [2.05, 4.69) is 6.58 Å². The van der Waals surface area contributed by atoms with Crippen LogP contribution in [0.4, 0.5) is 0 Å². The quantitative estimate of drug-likeness (QED) is 0.345. The highest BCUT2D eigenvalue weighted by atomic mass is 28.2. The predicted molar refractivity (Wildman–Crippen MR) is 41.1 cm³/mol. The maximum atomic E-state index is 10.7. The molecular formula is C6H12O3Si. The van der Waals surface area contributed by atoms with Crippen LogP contribution in [0.15, 0.2) is 12.2 Å². The van der Waals surface area contributed by atoms with Gasteiger partial charge in [-0.15, -0.1) is 0 Å². The lowest BCUT2D eigenvalue weighted by Gasteiger charge is -2.08. The van der Waals surface area contributed by atoms with Crippen LogP contribution in [-0.2, 0) is 9.53 Å². The second-order valence-corrected chi connectivity index (χ2v) is 3.69. The molecule has 0 rings (SSSR count). The van der Waals surface area contributed by atoms with Crippen molar-refractivity contribution in [2.75, 3.05) is 0 Å². The number of hydrogen-bond donors (Lipinski definition) is 1. The minimum atomic E-state index is -1.22. The summed E-state index contributed by atoms with van der Waals surface area (Å²) in [6.45, 7) is 6.65. The Bertz CT molecular complexity index is 144. The Balaban J connectivity index is 3.68. The van der Waals surface area contributed by atoms with Gasteiger partial charge in [0.2, 0.25) is 0 Å². The van der Waals surface area contributed by atoms with Crippen molar-refractivity contribution < 1.29 is 14.3 Å². The Hall–Kier alpha value is -0.613. The van der Waals surface area contributed by atoms with Crippen LogP contribution in [0, 0.1) is 0 Å². The van der Waals surface area contributed by atoms with E-state index in [1.807, 2.05) is 0 Å². The first kappa shape index (κ1) is 9.39. The Morgan fingerprint density at radius 2 is 2.30 bits per heavy atom. The van der Waals surface area contributed by atoms with Gasteiger partial charge in [0.05, 0.1) is 0 Å². The van der Waals surface area contributed by atoms with Gasteiger partial charge in [-0.05, 0) is 13.8 Å². The fourth-order valence-electron chi connectivity index (χ4n) is 0.321. The Kier molecular flexibility index (Phi) is 3.98. The summed E-state index contributed by atoms with van der Waals surface area (Å²) in [5, 5.41) is 0. The first-order valence-electron chi connectivity index (χ1n) is 3.05. The lowest BCUT2D eigenvalue weighted by Crippen LogP contribution is -2.21. The minimum Gasteiger partial charge on any atom is -0.461 e. The van der Waals surface area contributed by atoms with Crippen molar-refractivity contribution in [3.05, 3.63) is 12.2 Å². The molecule has 0 saturated carbocycles. The molecule has 10 heavy (non-hydrogen) atoms. The first-order valence-corrected chi connectivity index (χ1v) is 4.50. The van der Waals surface area contributed by atoms with Crippen LogP contribution in [0.25, 0.3) is 0 Å². The van der Waals surface area contributed by atoms with Gasteiger partial charge in [-0.2, -0.15) is 0 Å². The highest BCUT2D eigenvalue weighted by Crippen LogP contribution is 1.95. The van der Waals surface area contributed by atoms with Crippen LogP contribution in [-0.4, -0.2) is 26.3 Å². The molecule has 0 spiro atoms. The highest BCUT2D eigenvalue weighted by molar-refractivity contribution is 6.27. The normalized spacial score (nSPS) is 13.5. The average molecular weight is 160 g/mol. The van der Waals surface area contributed by atoms with Gasteiger partial charge in [-0.25, -0.2) is 4.79 Å². The Morgan fingerprint density at radius 1 is 1.80 bits per heavy atom. The fourth-order valence-corrected chi connectivity index (χ4v) is 0.546. The monoisotopic (exact) mass is 160 g/mol. The van der Waals surface area contributed by atoms with Crippen LogP contribution < -0.4 is 0 Å². The zero-order valence-corrected chi connectivity index (χ0v) is 7.67. The third-order valence-corrected chi connectivity index (χ3v) is 1.59.